The first-order chi connectivity index (χ1) is 14.4. The monoisotopic (exact) mass is 452 g/mol. The van der Waals surface area contributed by atoms with Crippen molar-refractivity contribution in [3.63, 3.8) is 0 Å². The number of rotatable bonds is 11. The van der Waals surface area contributed by atoms with Gasteiger partial charge in [0.25, 0.3) is 0 Å². The summed E-state index contributed by atoms with van der Waals surface area (Å²) in [7, 11) is -1.73. The Bertz CT molecular complexity index is 567. The number of allylic oxidation sites excluding steroid dienone is 1. The maximum atomic E-state index is 9.62. The summed E-state index contributed by atoms with van der Waals surface area (Å²) in [6, 6.07) is 0. The van der Waals surface area contributed by atoms with E-state index in [-0.39, 0.29) is 11.1 Å². The Balaban J connectivity index is 1.88. The summed E-state index contributed by atoms with van der Waals surface area (Å²) >= 11 is 0. The van der Waals surface area contributed by atoms with Crippen molar-refractivity contribution in [3.05, 3.63) is 12.2 Å². The average molecular weight is 453 g/mol. The van der Waals surface area contributed by atoms with Gasteiger partial charge in [-0.25, -0.2) is 0 Å². The molecule has 4 heteroatoms. The molecule has 0 radical (unpaired) electrons. The molecular formula is C27H52O3Si. The molecule has 2 aliphatic carbocycles. The minimum atomic E-state index is -1.73. The lowest BCUT2D eigenvalue weighted by Gasteiger charge is -2.49. The zero-order chi connectivity index (χ0) is 23.3. The Morgan fingerprint density at radius 2 is 1.90 bits per heavy atom. The highest BCUT2D eigenvalue weighted by Crippen LogP contribution is 2.59. The molecule has 0 saturated heterocycles. The van der Waals surface area contributed by atoms with Crippen LogP contribution in [0.15, 0.2) is 12.2 Å². The van der Waals surface area contributed by atoms with Gasteiger partial charge in [0, 0.05) is 12.7 Å². The van der Waals surface area contributed by atoms with Crippen molar-refractivity contribution in [2.75, 3.05) is 13.2 Å². The second kappa shape index (κ2) is 11.3. The van der Waals surface area contributed by atoms with Gasteiger partial charge < -0.3 is 14.3 Å². The smallest absolute Gasteiger partial charge is 0.192 e. The van der Waals surface area contributed by atoms with Gasteiger partial charge in [-0.3, -0.25) is 0 Å². The van der Waals surface area contributed by atoms with Crippen LogP contribution in [0.5, 0.6) is 0 Å². The first-order valence-corrected chi connectivity index (χ1v) is 15.9. The molecule has 2 saturated carbocycles. The third kappa shape index (κ3) is 6.91. The van der Waals surface area contributed by atoms with Gasteiger partial charge in [-0.15, -0.1) is 0 Å². The van der Waals surface area contributed by atoms with E-state index in [0.717, 1.165) is 37.7 Å². The molecule has 3 nitrogen and oxygen atoms in total. The molecule has 31 heavy (non-hydrogen) atoms. The highest BCUT2D eigenvalue weighted by Gasteiger charge is 2.54. The van der Waals surface area contributed by atoms with Gasteiger partial charge in [0.2, 0.25) is 0 Å². The molecule has 1 N–H and O–H groups in total. The van der Waals surface area contributed by atoms with E-state index in [4.69, 9.17) is 9.16 Å². The first kappa shape index (κ1) is 27.1. The van der Waals surface area contributed by atoms with E-state index in [1.54, 1.807) is 0 Å². The topological polar surface area (TPSA) is 38.7 Å². The summed E-state index contributed by atoms with van der Waals surface area (Å²) < 4.78 is 12.8. The highest BCUT2D eigenvalue weighted by molar-refractivity contribution is 6.74. The van der Waals surface area contributed by atoms with E-state index >= 15 is 0 Å². The van der Waals surface area contributed by atoms with Crippen LogP contribution in [-0.4, -0.2) is 38.8 Å². The van der Waals surface area contributed by atoms with E-state index in [2.05, 4.69) is 59.9 Å². The Morgan fingerprint density at radius 1 is 1.19 bits per heavy atom. The summed E-state index contributed by atoms with van der Waals surface area (Å²) in [6.07, 6.45) is 14.1. The fraction of sp³-hybridized carbons (Fsp3) is 0.926. The van der Waals surface area contributed by atoms with Crippen LogP contribution in [0.3, 0.4) is 0 Å². The van der Waals surface area contributed by atoms with Crippen molar-refractivity contribution in [2.24, 2.45) is 23.2 Å². The molecule has 2 fully saturated rings. The normalized spacial score (nSPS) is 31.7. The largest absolute Gasteiger partial charge is 0.414 e. The first-order valence-electron chi connectivity index (χ1n) is 13.0. The lowest BCUT2D eigenvalue weighted by Crippen LogP contribution is -2.50. The van der Waals surface area contributed by atoms with E-state index < -0.39 is 8.32 Å². The predicted octanol–water partition coefficient (Wildman–Crippen LogP) is 7.35. The Hall–Kier alpha value is -0.163. The van der Waals surface area contributed by atoms with Crippen LogP contribution in [0.4, 0.5) is 0 Å². The lowest BCUT2D eigenvalue weighted by molar-refractivity contribution is -0.0163. The van der Waals surface area contributed by atoms with Crippen molar-refractivity contribution in [2.45, 2.75) is 123 Å². The summed E-state index contributed by atoms with van der Waals surface area (Å²) in [5.74, 6) is 2.06. The molecular weight excluding hydrogens is 400 g/mol. The maximum absolute atomic E-state index is 9.62. The molecule has 0 amide bonds. The van der Waals surface area contributed by atoms with E-state index in [1.165, 1.54) is 32.1 Å². The third-order valence-corrected chi connectivity index (χ3v) is 13.5. The molecule has 0 aliphatic heterocycles. The molecule has 2 rings (SSSR count). The van der Waals surface area contributed by atoms with Crippen LogP contribution in [0.2, 0.25) is 18.1 Å². The fourth-order valence-corrected chi connectivity index (χ4v) is 7.29. The van der Waals surface area contributed by atoms with E-state index in [1.807, 2.05) is 6.92 Å². The second-order valence-electron chi connectivity index (χ2n) is 12.2. The van der Waals surface area contributed by atoms with Crippen LogP contribution in [0, 0.1) is 23.2 Å². The van der Waals surface area contributed by atoms with Gasteiger partial charge in [-0.2, -0.15) is 0 Å². The van der Waals surface area contributed by atoms with Gasteiger partial charge in [0.05, 0.1) is 12.7 Å². The predicted molar refractivity (Wildman–Crippen MR) is 135 cm³/mol. The average Bonchev–Trinajstić information content (AvgIpc) is 3.03. The molecule has 0 heterocycles. The molecule has 0 bridgehead atoms. The summed E-state index contributed by atoms with van der Waals surface area (Å²) in [5.41, 5.74) is 0.409. The standard InChI is InChI=1S/C27H52O3Si/c1-9-22(28)14-12-20-29-19-11-13-21(2)23-16-17-24-25(15-10-18-27(23,24)6)30-31(7,8)26(3,4)5/h11,13,21-25,28H,9-10,12,14-20H2,1-8H3. The molecule has 6 unspecified atom stereocenters. The number of aliphatic hydroxyl groups is 1. The second-order valence-corrected chi connectivity index (χ2v) is 16.9. The van der Waals surface area contributed by atoms with Crippen molar-refractivity contribution >= 4 is 8.32 Å². The lowest BCUT2D eigenvalue weighted by atomic mass is 9.62. The van der Waals surface area contributed by atoms with Crippen LogP contribution in [0.25, 0.3) is 0 Å². The Labute approximate surface area is 194 Å². The molecule has 0 aromatic heterocycles. The van der Waals surface area contributed by atoms with Gasteiger partial charge >= 0.3 is 0 Å². The van der Waals surface area contributed by atoms with Crippen molar-refractivity contribution in [1.82, 2.24) is 0 Å². The molecule has 0 aromatic rings. The molecule has 0 aromatic carbocycles. The maximum Gasteiger partial charge on any atom is 0.192 e. The quantitative estimate of drug-likeness (QED) is 0.202. The van der Waals surface area contributed by atoms with Crippen molar-refractivity contribution in [3.8, 4) is 0 Å². The number of ether oxygens (including phenoxy) is 1. The zero-order valence-corrected chi connectivity index (χ0v) is 22.9. The van der Waals surface area contributed by atoms with Gasteiger partial charge in [-0.1, -0.05) is 60.1 Å². The van der Waals surface area contributed by atoms with Crippen LogP contribution >= 0.6 is 0 Å². The van der Waals surface area contributed by atoms with Crippen LogP contribution in [-0.2, 0) is 9.16 Å². The molecule has 182 valence electrons. The highest BCUT2D eigenvalue weighted by atomic mass is 28.4. The van der Waals surface area contributed by atoms with Gasteiger partial charge in [0.1, 0.15) is 0 Å². The minimum Gasteiger partial charge on any atom is -0.414 e. The zero-order valence-electron chi connectivity index (χ0n) is 21.9. The molecule has 0 spiro atoms. The minimum absolute atomic E-state index is 0.171. The van der Waals surface area contributed by atoms with Gasteiger partial charge in [0.15, 0.2) is 8.32 Å². The number of aliphatic hydroxyl groups excluding tert-OH is 1. The van der Waals surface area contributed by atoms with Crippen molar-refractivity contribution in [1.29, 1.82) is 0 Å². The van der Waals surface area contributed by atoms with E-state index in [9.17, 15) is 5.11 Å². The van der Waals surface area contributed by atoms with Crippen LogP contribution in [0.1, 0.15) is 92.9 Å². The Kier molecular flexibility index (Phi) is 9.88. The van der Waals surface area contributed by atoms with E-state index in [0.29, 0.717) is 24.0 Å². The van der Waals surface area contributed by atoms with Crippen molar-refractivity contribution < 1.29 is 14.3 Å². The fourth-order valence-electron chi connectivity index (χ4n) is 5.90. The number of hydrogen-bond donors (Lipinski definition) is 1. The summed E-state index contributed by atoms with van der Waals surface area (Å²) in [4.78, 5) is 0. The summed E-state index contributed by atoms with van der Waals surface area (Å²) in [5, 5.41) is 9.90. The van der Waals surface area contributed by atoms with Gasteiger partial charge in [-0.05, 0) is 86.2 Å². The summed E-state index contributed by atoms with van der Waals surface area (Å²) in [6.45, 7) is 20.3. The SMILES string of the molecule is CCC(O)CCCOCC=CC(C)C1CCC2C(O[Si](C)(C)C(C)(C)C)CCCC12C. The van der Waals surface area contributed by atoms with Crippen LogP contribution < -0.4 is 0 Å². The Morgan fingerprint density at radius 3 is 2.55 bits per heavy atom. The number of fused-ring (bicyclic) bond motifs is 1. The number of hydrogen-bond acceptors (Lipinski definition) is 3. The third-order valence-electron chi connectivity index (χ3n) is 8.97. The molecule has 2 aliphatic rings. The molecule has 6 atom stereocenters.